The van der Waals surface area contributed by atoms with E-state index in [0.717, 1.165) is 28.5 Å². The van der Waals surface area contributed by atoms with Crippen molar-refractivity contribution in [2.75, 3.05) is 19.4 Å². The Kier molecular flexibility index (Phi) is 7.00. The monoisotopic (exact) mass is 480 g/mol. The summed E-state index contributed by atoms with van der Waals surface area (Å²) >= 11 is 0. The first-order valence-corrected chi connectivity index (χ1v) is 13.0. The van der Waals surface area contributed by atoms with E-state index in [1.54, 1.807) is 11.1 Å². The van der Waals surface area contributed by atoms with Crippen molar-refractivity contribution in [3.05, 3.63) is 90.3 Å². The van der Waals surface area contributed by atoms with Gasteiger partial charge in [0.2, 0.25) is 0 Å². The first-order valence-electron chi connectivity index (χ1n) is 11.2. The van der Waals surface area contributed by atoms with Gasteiger partial charge in [-0.05, 0) is 35.2 Å². The number of ether oxygens (including phenoxy) is 1. The third-order valence-corrected chi connectivity index (χ3v) is 6.83. The summed E-state index contributed by atoms with van der Waals surface area (Å²) in [5.41, 5.74) is 2.97. The van der Waals surface area contributed by atoms with Crippen LogP contribution in [-0.4, -0.2) is 43.8 Å². The number of hydrogen-bond donors (Lipinski definition) is 0. The van der Waals surface area contributed by atoms with Gasteiger partial charge in [-0.3, -0.25) is 9.17 Å². The average molecular weight is 481 g/mol. The highest BCUT2D eigenvalue weighted by Gasteiger charge is 2.43. The molecule has 0 aliphatic carbocycles. The maximum Gasteiger partial charge on any atom is 0.411 e. The molecule has 4 rings (SSSR count). The van der Waals surface area contributed by atoms with E-state index in [9.17, 15) is 13.2 Å². The third-order valence-electron chi connectivity index (χ3n) is 6.23. The summed E-state index contributed by atoms with van der Waals surface area (Å²) in [4.78, 5) is 19.1. The second-order valence-electron chi connectivity index (χ2n) is 8.49. The van der Waals surface area contributed by atoms with Crippen molar-refractivity contribution >= 4 is 16.2 Å². The Labute approximate surface area is 200 Å². The molecule has 34 heavy (non-hydrogen) atoms. The lowest BCUT2D eigenvalue weighted by Crippen LogP contribution is -2.49. The molecule has 0 saturated carbocycles. The van der Waals surface area contributed by atoms with Crippen molar-refractivity contribution in [2.45, 2.75) is 31.4 Å². The Morgan fingerprint density at radius 1 is 1.06 bits per heavy atom. The summed E-state index contributed by atoms with van der Waals surface area (Å²) in [6.07, 6.45) is 4.91. The molecule has 2 aromatic carbocycles. The van der Waals surface area contributed by atoms with Crippen molar-refractivity contribution in [3.8, 4) is 11.1 Å². The molecule has 2 heterocycles. The SMILES string of the molecule is C[C@@H](c1ccc(-c2cccnc2)cc1)N1CC[C@](CCOS(C)(=O)=O)(c2ccccc2)OC1=O. The van der Waals surface area contributed by atoms with Crippen LogP contribution in [0.5, 0.6) is 0 Å². The number of cyclic esters (lactones) is 1. The van der Waals surface area contributed by atoms with E-state index in [1.807, 2.05) is 79.9 Å². The molecule has 0 bridgehead atoms. The van der Waals surface area contributed by atoms with E-state index in [4.69, 9.17) is 8.92 Å². The Balaban J connectivity index is 1.50. The van der Waals surface area contributed by atoms with E-state index in [-0.39, 0.29) is 19.1 Å². The number of hydrogen-bond acceptors (Lipinski definition) is 6. The number of pyridine rings is 1. The maximum absolute atomic E-state index is 13.2. The largest absolute Gasteiger partial charge is 0.438 e. The van der Waals surface area contributed by atoms with Gasteiger partial charge in [-0.15, -0.1) is 0 Å². The molecule has 0 spiro atoms. The van der Waals surface area contributed by atoms with Crippen LogP contribution in [0.3, 0.4) is 0 Å². The van der Waals surface area contributed by atoms with E-state index >= 15 is 0 Å². The highest BCUT2D eigenvalue weighted by Crippen LogP contribution is 2.39. The molecule has 0 radical (unpaired) electrons. The van der Waals surface area contributed by atoms with Crippen molar-refractivity contribution in [1.82, 2.24) is 9.88 Å². The van der Waals surface area contributed by atoms with Crippen LogP contribution >= 0.6 is 0 Å². The minimum absolute atomic E-state index is 0.0631. The average Bonchev–Trinajstić information content (AvgIpc) is 2.84. The van der Waals surface area contributed by atoms with Crippen molar-refractivity contribution in [3.63, 3.8) is 0 Å². The fourth-order valence-electron chi connectivity index (χ4n) is 4.31. The molecule has 0 N–H and O–H groups in total. The molecule has 2 atom stereocenters. The van der Waals surface area contributed by atoms with Crippen LogP contribution in [-0.2, 0) is 24.6 Å². The van der Waals surface area contributed by atoms with Gasteiger partial charge < -0.3 is 9.64 Å². The molecule has 8 heteroatoms. The zero-order valence-corrected chi connectivity index (χ0v) is 20.1. The topological polar surface area (TPSA) is 85.8 Å². The molecule has 178 valence electrons. The Hall–Kier alpha value is -3.23. The molecule has 7 nitrogen and oxygen atoms in total. The molecule has 1 fully saturated rings. The van der Waals surface area contributed by atoms with Crippen LogP contribution in [0.25, 0.3) is 11.1 Å². The van der Waals surface area contributed by atoms with Gasteiger partial charge in [-0.2, -0.15) is 8.42 Å². The van der Waals surface area contributed by atoms with Crippen LogP contribution in [0.15, 0.2) is 79.1 Å². The number of nitrogens with zero attached hydrogens (tertiary/aromatic N) is 2. The number of carbonyl (C=O) groups is 1. The minimum atomic E-state index is -3.59. The van der Waals surface area contributed by atoms with Crippen LogP contribution in [0.2, 0.25) is 0 Å². The number of aromatic nitrogens is 1. The van der Waals surface area contributed by atoms with Gasteiger partial charge in [0.05, 0.1) is 18.9 Å². The van der Waals surface area contributed by atoms with E-state index in [1.165, 1.54) is 0 Å². The maximum atomic E-state index is 13.2. The molecule has 0 unspecified atom stereocenters. The molecular formula is C26H28N2O5S. The van der Waals surface area contributed by atoms with E-state index in [0.29, 0.717) is 13.0 Å². The second-order valence-corrected chi connectivity index (χ2v) is 10.1. The number of amides is 1. The lowest BCUT2D eigenvalue weighted by molar-refractivity contribution is -0.0701. The highest BCUT2D eigenvalue weighted by atomic mass is 32.2. The minimum Gasteiger partial charge on any atom is -0.438 e. The van der Waals surface area contributed by atoms with Crippen molar-refractivity contribution < 1.29 is 22.1 Å². The molecule has 1 amide bonds. The van der Waals surface area contributed by atoms with Gasteiger partial charge in [-0.25, -0.2) is 4.79 Å². The summed E-state index contributed by atoms with van der Waals surface area (Å²) in [5, 5.41) is 0. The zero-order chi connectivity index (χ0) is 24.2. The van der Waals surface area contributed by atoms with Crippen LogP contribution in [0.4, 0.5) is 4.79 Å². The normalized spacial score (nSPS) is 19.5. The summed E-state index contributed by atoms with van der Waals surface area (Å²) < 4.78 is 33.9. The van der Waals surface area contributed by atoms with Gasteiger partial charge in [0.15, 0.2) is 0 Å². The summed E-state index contributed by atoms with van der Waals surface area (Å²) in [5.74, 6) is 0. The molecule has 1 aliphatic heterocycles. The van der Waals surface area contributed by atoms with Gasteiger partial charge in [0.25, 0.3) is 10.1 Å². The predicted octanol–water partition coefficient (Wildman–Crippen LogP) is 4.91. The lowest BCUT2D eigenvalue weighted by Gasteiger charge is -2.43. The second kappa shape index (κ2) is 9.95. The summed E-state index contributed by atoms with van der Waals surface area (Å²) in [7, 11) is -3.59. The molecular weight excluding hydrogens is 452 g/mol. The Morgan fingerprint density at radius 2 is 1.79 bits per heavy atom. The molecule has 1 aliphatic rings. The smallest absolute Gasteiger partial charge is 0.411 e. The van der Waals surface area contributed by atoms with Gasteiger partial charge in [-0.1, -0.05) is 60.7 Å². The molecule has 1 aromatic heterocycles. The fourth-order valence-corrected chi connectivity index (χ4v) is 4.70. The first kappa shape index (κ1) is 23.9. The number of carbonyl (C=O) groups excluding carboxylic acids is 1. The van der Waals surface area contributed by atoms with Gasteiger partial charge in [0.1, 0.15) is 5.60 Å². The van der Waals surface area contributed by atoms with Gasteiger partial charge in [0, 0.05) is 31.8 Å². The Morgan fingerprint density at radius 3 is 2.41 bits per heavy atom. The lowest BCUT2D eigenvalue weighted by atomic mass is 9.85. The number of rotatable bonds is 8. The highest BCUT2D eigenvalue weighted by molar-refractivity contribution is 7.85. The number of benzene rings is 2. The van der Waals surface area contributed by atoms with Gasteiger partial charge >= 0.3 is 6.09 Å². The predicted molar refractivity (Wildman–Crippen MR) is 129 cm³/mol. The van der Waals surface area contributed by atoms with E-state index in [2.05, 4.69) is 4.98 Å². The molecule has 3 aromatic rings. The summed E-state index contributed by atoms with van der Waals surface area (Å²) in [6, 6.07) is 21.2. The van der Waals surface area contributed by atoms with Crippen molar-refractivity contribution in [2.24, 2.45) is 0 Å². The summed E-state index contributed by atoms with van der Waals surface area (Å²) in [6.45, 7) is 2.38. The fraction of sp³-hybridized carbons (Fsp3) is 0.308. The quantitative estimate of drug-likeness (QED) is 0.426. The van der Waals surface area contributed by atoms with Crippen LogP contribution in [0, 0.1) is 0 Å². The zero-order valence-electron chi connectivity index (χ0n) is 19.3. The first-order chi connectivity index (χ1) is 16.3. The van der Waals surface area contributed by atoms with E-state index < -0.39 is 21.8 Å². The Bertz CT molecular complexity index is 1220. The third kappa shape index (κ3) is 5.46. The molecule has 1 saturated heterocycles. The van der Waals surface area contributed by atoms with Crippen LogP contribution in [0.1, 0.15) is 36.9 Å². The van der Waals surface area contributed by atoms with Crippen molar-refractivity contribution in [1.29, 1.82) is 0 Å². The standard InChI is InChI=1S/C26H28N2O5S/c1-20(21-10-12-22(13-11-21)23-7-6-16-27-19-23)28-17-14-26(33-25(28)29,15-18-32-34(2,30)31)24-8-4-3-5-9-24/h3-13,16,19-20H,14-15,17-18H2,1-2H3/t20-,26-/m0/s1. The van der Waals surface area contributed by atoms with Crippen LogP contribution < -0.4 is 0 Å².